The molecule has 118 valence electrons. The summed E-state index contributed by atoms with van der Waals surface area (Å²) in [5, 5.41) is 2.90. The van der Waals surface area contributed by atoms with Crippen LogP contribution in [0.4, 0.5) is 6.01 Å². The molecule has 2 aromatic rings. The minimum absolute atomic E-state index is 0.0515. The van der Waals surface area contributed by atoms with Crippen molar-refractivity contribution in [3.05, 3.63) is 18.3 Å². The van der Waals surface area contributed by atoms with Gasteiger partial charge in [0.05, 0.1) is 6.61 Å². The summed E-state index contributed by atoms with van der Waals surface area (Å²) in [5.74, 6) is 0.159. The standard InChI is InChI=1S/C15H20N4O3/c1-21-10-7-17-14(20)11-4-8-19(9-5-11)15-18-13-12(22-15)3-2-6-16-13/h2-3,6,11H,4-5,7-10H2,1H3,(H,17,20). The van der Waals surface area contributed by atoms with Gasteiger partial charge in [-0.1, -0.05) is 0 Å². The van der Waals surface area contributed by atoms with E-state index in [0.717, 1.165) is 25.9 Å². The number of carbonyl (C=O) groups excluding carboxylic acids is 1. The predicted octanol–water partition coefficient (Wildman–Crippen LogP) is 1.20. The number of aromatic nitrogens is 2. The van der Waals surface area contributed by atoms with Crippen molar-refractivity contribution in [1.29, 1.82) is 0 Å². The molecule has 1 aliphatic heterocycles. The average Bonchev–Trinajstić information content (AvgIpc) is 2.99. The van der Waals surface area contributed by atoms with E-state index in [0.29, 0.717) is 30.4 Å². The predicted molar refractivity (Wildman–Crippen MR) is 81.6 cm³/mol. The molecule has 1 aliphatic rings. The van der Waals surface area contributed by atoms with E-state index in [1.165, 1.54) is 0 Å². The Morgan fingerprint density at radius 2 is 2.32 bits per heavy atom. The number of oxazole rings is 1. The van der Waals surface area contributed by atoms with E-state index in [-0.39, 0.29) is 11.8 Å². The lowest BCUT2D eigenvalue weighted by molar-refractivity contribution is -0.125. The number of fused-ring (bicyclic) bond motifs is 1. The molecule has 7 nitrogen and oxygen atoms in total. The fraction of sp³-hybridized carbons (Fsp3) is 0.533. The smallest absolute Gasteiger partial charge is 0.299 e. The largest absolute Gasteiger partial charge is 0.422 e. The summed E-state index contributed by atoms with van der Waals surface area (Å²) in [7, 11) is 1.62. The Bertz CT molecular complexity index is 602. The Morgan fingerprint density at radius 1 is 1.50 bits per heavy atom. The van der Waals surface area contributed by atoms with Crippen LogP contribution in [0.25, 0.3) is 11.2 Å². The fourth-order valence-corrected chi connectivity index (χ4v) is 2.65. The van der Waals surface area contributed by atoms with Gasteiger partial charge in [-0.15, -0.1) is 0 Å². The molecule has 3 rings (SSSR count). The molecule has 22 heavy (non-hydrogen) atoms. The highest BCUT2D eigenvalue weighted by atomic mass is 16.5. The molecule has 1 N–H and O–H groups in total. The number of ether oxygens (including phenoxy) is 1. The van der Waals surface area contributed by atoms with E-state index < -0.39 is 0 Å². The molecule has 1 fully saturated rings. The van der Waals surface area contributed by atoms with Crippen molar-refractivity contribution in [2.75, 3.05) is 38.3 Å². The average molecular weight is 304 g/mol. The molecule has 0 aliphatic carbocycles. The lowest BCUT2D eigenvalue weighted by Gasteiger charge is -2.30. The monoisotopic (exact) mass is 304 g/mol. The highest BCUT2D eigenvalue weighted by Crippen LogP contribution is 2.25. The second kappa shape index (κ2) is 6.74. The number of pyridine rings is 1. The van der Waals surface area contributed by atoms with Gasteiger partial charge in [0.1, 0.15) is 0 Å². The van der Waals surface area contributed by atoms with E-state index in [9.17, 15) is 4.79 Å². The van der Waals surface area contributed by atoms with E-state index in [1.54, 1.807) is 13.3 Å². The number of rotatable bonds is 5. The molecule has 3 heterocycles. The maximum absolute atomic E-state index is 12.0. The van der Waals surface area contributed by atoms with Gasteiger partial charge >= 0.3 is 0 Å². The number of methoxy groups -OCH3 is 1. The molecular weight excluding hydrogens is 284 g/mol. The van der Waals surface area contributed by atoms with Crippen LogP contribution in [0.1, 0.15) is 12.8 Å². The van der Waals surface area contributed by atoms with Crippen LogP contribution in [0, 0.1) is 5.92 Å². The number of amides is 1. The summed E-state index contributed by atoms with van der Waals surface area (Å²) >= 11 is 0. The molecule has 0 unspecified atom stereocenters. The third kappa shape index (κ3) is 3.19. The molecule has 2 aromatic heterocycles. The second-order valence-corrected chi connectivity index (χ2v) is 5.37. The first-order valence-corrected chi connectivity index (χ1v) is 7.51. The van der Waals surface area contributed by atoms with Gasteiger partial charge in [-0.25, -0.2) is 4.98 Å². The van der Waals surface area contributed by atoms with E-state index in [4.69, 9.17) is 9.15 Å². The van der Waals surface area contributed by atoms with Crippen LogP contribution >= 0.6 is 0 Å². The topological polar surface area (TPSA) is 80.5 Å². The fourth-order valence-electron chi connectivity index (χ4n) is 2.65. The van der Waals surface area contributed by atoms with Gasteiger partial charge in [0, 0.05) is 38.9 Å². The molecule has 1 amide bonds. The quantitative estimate of drug-likeness (QED) is 0.836. The number of hydrogen-bond acceptors (Lipinski definition) is 6. The van der Waals surface area contributed by atoms with Crippen LogP contribution in [-0.4, -0.2) is 49.2 Å². The van der Waals surface area contributed by atoms with Crippen molar-refractivity contribution in [2.24, 2.45) is 5.92 Å². The lowest BCUT2D eigenvalue weighted by atomic mass is 9.96. The zero-order chi connectivity index (χ0) is 15.4. The summed E-state index contributed by atoms with van der Waals surface area (Å²) in [6.45, 7) is 2.62. The summed E-state index contributed by atoms with van der Waals surface area (Å²) < 4.78 is 10.7. The summed E-state index contributed by atoms with van der Waals surface area (Å²) in [5.41, 5.74) is 1.31. The van der Waals surface area contributed by atoms with Crippen LogP contribution < -0.4 is 10.2 Å². The number of nitrogens with zero attached hydrogens (tertiary/aromatic N) is 3. The van der Waals surface area contributed by atoms with Crippen molar-refractivity contribution in [2.45, 2.75) is 12.8 Å². The summed E-state index contributed by atoms with van der Waals surface area (Å²) in [4.78, 5) is 22.7. The second-order valence-electron chi connectivity index (χ2n) is 5.37. The molecule has 0 spiro atoms. The maximum atomic E-state index is 12.0. The van der Waals surface area contributed by atoms with Gasteiger partial charge in [-0.2, -0.15) is 4.98 Å². The zero-order valence-corrected chi connectivity index (χ0v) is 12.6. The van der Waals surface area contributed by atoms with Crippen molar-refractivity contribution < 1.29 is 13.9 Å². The third-order valence-corrected chi connectivity index (χ3v) is 3.90. The van der Waals surface area contributed by atoms with Crippen molar-refractivity contribution in [3.8, 4) is 0 Å². The number of anilines is 1. The molecule has 7 heteroatoms. The Kier molecular flexibility index (Phi) is 4.53. The molecule has 0 atom stereocenters. The van der Waals surface area contributed by atoms with Crippen LogP contribution in [-0.2, 0) is 9.53 Å². The first kappa shape index (κ1) is 14.8. The molecule has 0 aromatic carbocycles. The number of nitrogens with one attached hydrogen (secondary N) is 1. The number of hydrogen-bond donors (Lipinski definition) is 1. The van der Waals surface area contributed by atoms with E-state index >= 15 is 0 Å². The van der Waals surface area contributed by atoms with Crippen molar-refractivity contribution in [3.63, 3.8) is 0 Å². The SMILES string of the molecule is COCCNC(=O)C1CCN(c2nc3ncccc3o2)CC1. The minimum atomic E-state index is 0.0515. The van der Waals surface area contributed by atoms with Crippen LogP contribution in [0.5, 0.6) is 0 Å². The number of piperidine rings is 1. The summed E-state index contributed by atoms with van der Waals surface area (Å²) in [6, 6.07) is 4.27. The van der Waals surface area contributed by atoms with Gasteiger partial charge < -0.3 is 19.4 Å². The van der Waals surface area contributed by atoms with Crippen LogP contribution in [0.3, 0.4) is 0 Å². The Morgan fingerprint density at radius 3 is 3.05 bits per heavy atom. The van der Waals surface area contributed by atoms with Crippen LogP contribution in [0.15, 0.2) is 22.7 Å². The van der Waals surface area contributed by atoms with Gasteiger partial charge in [0.15, 0.2) is 5.58 Å². The molecule has 0 radical (unpaired) electrons. The van der Waals surface area contributed by atoms with Gasteiger partial charge in [0.25, 0.3) is 6.01 Å². The van der Waals surface area contributed by atoms with Gasteiger partial charge in [-0.3, -0.25) is 4.79 Å². The third-order valence-electron chi connectivity index (χ3n) is 3.90. The zero-order valence-electron chi connectivity index (χ0n) is 12.6. The highest BCUT2D eigenvalue weighted by molar-refractivity contribution is 5.79. The number of carbonyl (C=O) groups is 1. The molecule has 1 saturated heterocycles. The van der Waals surface area contributed by atoms with Crippen LogP contribution in [0.2, 0.25) is 0 Å². The molecule has 0 saturated carbocycles. The first-order chi connectivity index (χ1) is 10.8. The first-order valence-electron chi connectivity index (χ1n) is 7.51. The van der Waals surface area contributed by atoms with Crippen molar-refractivity contribution >= 4 is 23.2 Å². The highest BCUT2D eigenvalue weighted by Gasteiger charge is 2.27. The Balaban J connectivity index is 1.56. The summed E-state index contributed by atoms with van der Waals surface area (Å²) in [6.07, 6.45) is 3.29. The van der Waals surface area contributed by atoms with Gasteiger partial charge in [-0.05, 0) is 25.0 Å². The van der Waals surface area contributed by atoms with Crippen molar-refractivity contribution in [1.82, 2.24) is 15.3 Å². The van der Waals surface area contributed by atoms with Gasteiger partial charge in [0.2, 0.25) is 11.6 Å². The van der Waals surface area contributed by atoms with E-state index in [1.807, 2.05) is 12.1 Å². The Hall–Kier alpha value is -2.15. The molecule has 0 bridgehead atoms. The molecular formula is C15H20N4O3. The minimum Gasteiger partial charge on any atom is -0.422 e. The maximum Gasteiger partial charge on any atom is 0.299 e. The van der Waals surface area contributed by atoms with E-state index in [2.05, 4.69) is 20.2 Å². The normalized spacial score (nSPS) is 16.1. The Labute approximate surface area is 128 Å². The lowest BCUT2D eigenvalue weighted by Crippen LogP contribution is -2.41.